The average molecular weight is 259 g/mol. The summed E-state index contributed by atoms with van der Waals surface area (Å²) in [6.07, 6.45) is 0. The summed E-state index contributed by atoms with van der Waals surface area (Å²) in [6, 6.07) is 5.28. The lowest BCUT2D eigenvalue weighted by molar-refractivity contribution is -0.543. The van der Waals surface area contributed by atoms with Gasteiger partial charge in [-0.05, 0) is 17.7 Å². The molecule has 0 aliphatic heterocycles. The van der Waals surface area contributed by atoms with Gasteiger partial charge in [-0.1, -0.05) is 23.7 Å². The molecule has 0 aromatic heterocycles. The Morgan fingerprint density at radius 1 is 1.24 bits per heavy atom. The monoisotopic (exact) mass is 258 g/mol. The highest BCUT2D eigenvalue weighted by Gasteiger charge is 2.32. The van der Waals surface area contributed by atoms with E-state index in [1.54, 1.807) is 24.3 Å². The number of nitrogens with zero attached hydrogens (tertiary/aromatic N) is 2. The first-order valence-electron chi connectivity index (χ1n) is 4.92. The van der Waals surface area contributed by atoms with E-state index in [4.69, 9.17) is 11.6 Å². The molecule has 0 unspecified atom stereocenters. The van der Waals surface area contributed by atoms with Gasteiger partial charge in [0, 0.05) is 21.8 Å². The highest BCUT2D eigenvalue weighted by atomic mass is 35.5. The first-order chi connectivity index (χ1) is 7.91. The van der Waals surface area contributed by atoms with Crippen LogP contribution in [0.5, 0.6) is 0 Å². The Kier molecular flexibility index (Phi) is 4.39. The fourth-order valence-electron chi connectivity index (χ4n) is 1.55. The largest absolute Gasteiger partial charge is 0.265 e. The van der Waals surface area contributed by atoms with Gasteiger partial charge in [-0.3, -0.25) is 20.2 Å². The second-order valence-electron chi connectivity index (χ2n) is 3.70. The number of halogens is 1. The molecule has 7 heteroatoms. The van der Waals surface area contributed by atoms with Crippen LogP contribution in [-0.4, -0.2) is 22.4 Å². The van der Waals surface area contributed by atoms with E-state index in [-0.39, 0.29) is 0 Å². The van der Waals surface area contributed by atoms with Crippen molar-refractivity contribution >= 4 is 11.6 Å². The molecular weight excluding hydrogens is 248 g/mol. The summed E-state index contributed by atoms with van der Waals surface area (Å²) < 4.78 is 0. The van der Waals surface area contributed by atoms with Crippen molar-refractivity contribution in [3.05, 3.63) is 55.1 Å². The van der Waals surface area contributed by atoms with E-state index in [9.17, 15) is 20.2 Å². The van der Waals surface area contributed by atoms with Gasteiger partial charge in [0.05, 0.1) is 0 Å². The summed E-state index contributed by atoms with van der Waals surface area (Å²) in [7, 11) is 0. The van der Waals surface area contributed by atoms with Gasteiger partial charge in [-0.25, -0.2) is 0 Å². The maximum atomic E-state index is 10.7. The van der Waals surface area contributed by atoms with Crippen LogP contribution in [0.25, 0.3) is 0 Å². The Balaban J connectivity index is 3.01. The molecule has 0 saturated carbocycles. The third-order valence-corrected chi connectivity index (χ3v) is 2.81. The second kappa shape index (κ2) is 5.58. The van der Waals surface area contributed by atoms with Gasteiger partial charge in [-0.2, -0.15) is 0 Å². The van der Waals surface area contributed by atoms with Crippen LogP contribution in [0.3, 0.4) is 0 Å². The quantitative estimate of drug-likeness (QED) is 0.599. The molecule has 0 amide bonds. The first kappa shape index (κ1) is 13.4. The third kappa shape index (κ3) is 3.67. The lowest BCUT2D eigenvalue weighted by atomic mass is 9.93. The smallest absolute Gasteiger partial charge is 0.223 e. The van der Waals surface area contributed by atoms with Crippen molar-refractivity contribution in [2.45, 2.75) is 18.9 Å². The molecule has 1 aromatic carbocycles. The van der Waals surface area contributed by atoms with Crippen molar-refractivity contribution in [3.63, 3.8) is 0 Å². The number of hydrogen-bond acceptors (Lipinski definition) is 4. The zero-order valence-electron chi connectivity index (χ0n) is 9.08. The van der Waals surface area contributed by atoms with Crippen LogP contribution < -0.4 is 0 Å². The second-order valence-corrected chi connectivity index (χ2v) is 4.14. The molecule has 1 aromatic rings. The maximum absolute atomic E-state index is 10.7. The van der Waals surface area contributed by atoms with Crippen LogP contribution in [0.15, 0.2) is 24.3 Å². The van der Waals surface area contributed by atoms with E-state index < -0.39 is 28.4 Å². The van der Waals surface area contributed by atoms with Crippen molar-refractivity contribution in [2.24, 2.45) is 0 Å². The maximum Gasteiger partial charge on any atom is 0.223 e. The van der Waals surface area contributed by atoms with Crippen molar-refractivity contribution in [3.8, 4) is 0 Å². The zero-order chi connectivity index (χ0) is 13.0. The van der Waals surface area contributed by atoms with Crippen LogP contribution >= 0.6 is 11.6 Å². The molecule has 0 bridgehead atoms. The Hall–Kier alpha value is -1.69. The molecule has 0 radical (unpaired) electrons. The average Bonchev–Trinajstić information content (AvgIpc) is 2.26. The van der Waals surface area contributed by atoms with Gasteiger partial charge in [0.15, 0.2) is 0 Å². The van der Waals surface area contributed by atoms with E-state index >= 15 is 0 Å². The molecule has 0 aliphatic rings. The van der Waals surface area contributed by atoms with Crippen molar-refractivity contribution in [1.82, 2.24) is 0 Å². The molecule has 17 heavy (non-hydrogen) atoms. The molecule has 0 spiro atoms. The van der Waals surface area contributed by atoms with Gasteiger partial charge in [-0.15, -0.1) is 0 Å². The first-order valence-corrected chi connectivity index (χ1v) is 5.30. The Morgan fingerprint density at radius 3 is 2.18 bits per heavy atom. The molecule has 1 rings (SSSR count). The SMILES string of the molecule is C[C@H]([C@@H](C[N+](=O)[O-])c1ccc(Cl)cc1)[N+](=O)[O-]. The molecule has 6 nitrogen and oxygen atoms in total. The molecule has 2 atom stereocenters. The molecule has 0 saturated heterocycles. The fourth-order valence-corrected chi connectivity index (χ4v) is 1.68. The number of rotatable bonds is 5. The van der Waals surface area contributed by atoms with Gasteiger partial charge >= 0.3 is 0 Å². The fraction of sp³-hybridized carbons (Fsp3) is 0.400. The van der Waals surface area contributed by atoms with E-state index in [0.717, 1.165) is 0 Å². The summed E-state index contributed by atoms with van der Waals surface area (Å²) in [5, 5.41) is 21.7. The van der Waals surface area contributed by atoms with E-state index in [0.29, 0.717) is 10.6 Å². The van der Waals surface area contributed by atoms with E-state index in [2.05, 4.69) is 0 Å². The summed E-state index contributed by atoms with van der Waals surface area (Å²) in [4.78, 5) is 20.2. The lowest BCUT2D eigenvalue weighted by Crippen LogP contribution is -2.29. The summed E-state index contributed by atoms with van der Waals surface area (Å²) >= 11 is 5.70. The number of nitro groups is 2. The minimum absolute atomic E-state index is 0.468. The highest BCUT2D eigenvalue weighted by Crippen LogP contribution is 2.23. The number of hydrogen-bond donors (Lipinski definition) is 0. The zero-order valence-corrected chi connectivity index (χ0v) is 9.83. The predicted molar refractivity (Wildman–Crippen MR) is 62.5 cm³/mol. The summed E-state index contributed by atoms with van der Waals surface area (Å²) in [5.74, 6) is -0.753. The molecule has 0 fully saturated rings. The Bertz CT molecular complexity index is 421. The normalized spacial score (nSPS) is 14.0. The Labute approximate surface area is 103 Å². The van der Waals surface area contributed by atoms with Crippen molar-refractivity contribution in [1.29, 1.82) is 0 Å². The lowest BCUT2D eigenvalue weighted by Gasteiger charge is -2.14. The van der Waals surface area contributed by atoms with Gasteiger partial charge in [0.1, 0.15) is 5.92 Å². The van der Waals surface area contributed by atoms with Crippen molar-refractivity contribution in [2.75, 3.05) is 6.54 Å². The van der Waals surface area contributed by atoms with Crippen LogP contribution in [0, 0.1) is 20.2 Å². The molecule has 92 valence electrons. The standard InChI is InChI=1S/C10H11ClN2O4/c1-7(13(16)17)10(6-12(14)15)8-2-4-9(11)5-3-8/h2-5,7,10H,6H2,1H3/t7-,10-/m1/s1. The van der Waals surface area contributed by atoms with Gasteiger partial charge in [0.25, 0.3) is 0 Å². The van der Waals surface area contributed by atoms with Crippen LogP contribution in [0.4, 0.5) is 0 Å². The molecule has 0 aliphatic carbocycles. The van der Waals surface area contributed by atoms with E-state index in [1.165, 1.54) is 6.92 Å². The highest BCUT2D eigenvalue weighted by molar-refractivity contribution is 6.30. The summed E-state index contributed by atoms with van der Waals surface area (Å²) in [5.41, 5.74) is 0.551. The van der Waals surface area contributed by atoms with Crippen molar-refractivity contribution < 1.29 is 9.85 Å². The predicted octanol–water partition coefficient (Wildman–Crippen LogP) is 2.37. The Morgan fingerprint density at radius 2 is 1.76 bits per heavy atom. The molecular formula is C10H11ClN2O4. The minimum Gasteiger partial charge on any atom is -0.265 e. The van der Waals surface area contributed by atoms with Crippen LogP contribution in [0.1, 0.15) is 18.4 Å². The van der Waals surface area contributed by atoms with Crippen LogP contribution in [0.2, 0.25) is 5.02 Å². The summed E-state index contributed by atoms with van der Waals surface area (Å²) in [6.45, 7) is 0.895. The molecule has 0 N–H and O–H groups in total. The third-order valence-electron chi connectivity index (χ3n) is 2.56. The minimum atomic E-state index is -1.01. The topological polar surface area (TPSA) is 86.3 Å². The van der Waals surface area contributed by atoms with Gasteiger partial charge < -0.3 is 0 Å². The van der Waals surface area contributed by atoms with E-state index in [1.807, 2.05) is 0 Å². The van der Waals surface area contributed by atoms with Crippen LogP contribution in [-0.2, 0) is 0 Å². The van der Waals surface area contributed by atoms with Gasteiger partial charge in [0.2, 0.25) is 12.6 Å². The number of benzene rings is 1. The molecule has 0 heterocycles.